The average molecular weight is 316 g/mol. The Balaban J connectivity index is 1.60. The summed E-state index contributed by atoms with van der Waals surface area (Å²) in [6.45, 7) is 6.09. The first-order valence-electron chi connectivity index (χ1n) is 9.72. The Bertz CT molecular complexity index is 530. The van der Waals surface area contributed by atoms with Crippen molar-refractivity contribution in [3.05, 3.63) is 0 Å². The van der Waals surface area contributed by atoms with E-state index in [-0.39, 0.29) is 5.91 Å². The van der Waals surface area contributed by atoms with Gasteiger partial charge in [0.2, 0.25) is 5.91 Å². The number of nitrogens with zero attached hydrogens (tertiary/aromatic N) is 1. The second-order valence-electron chi connectivity index (χ2n) is 9.40. The molecule has 0 aromatic rings. The van der Waals surface area contributed by atoms with E-state index in [1.165, 1.54) is 44.9 Å². The maximum absolute atomic E-state index is 11.5. The normalized spacial score (nSPS) is 51.7. The fraction of sp³-hybridized carbons (Fsp3) is 0.900. The lowest BCUT2D eigenvalue weighted by Gasteiger charge is -2.59. The van der Waals surface area contributed by atoms with Gasteiger partial charge in [-0.2, -0.15) is 0 Å². The van der Waals surface area contributed by atoms with Gasteiger partial charge in [0, 0.05) is 13.0 Å². The standard InChI is InChI=1S/C20H32N2O/c1-19-8-7-17-15(16(19)6-4-13(19)11-18(21)23)5-3-14-12-22-10-9-20(14,17)2/h10,13-17H,3-9,11-12H2,1-2H3,(H2,21,23)/t13?,14-,15-,16-,17-,19+,20-/m0/s1. The van der Waals surface area contributed by atoms with Gasteiger partial charge in [-0.1, -0.05) is 13.8 Å². The van der Waals surface area contributed by atoms with Crippen LogP contribution in [0, 0.1) is 40.4 Å². The minimum Gasteiger partial charge on any atom is -0.370 e. The molecule has 3 saturated carbocycles. The van der Waals surface area contributed by atoms with Crippen molar-refractivity contribution >= 4 is 12.1 Å². The predicted molar refractivity (Wildman–Crippen MR) is 93.2 cm³/mol. The summed E-state index contributed by atoms with van der Waals surface area (Å²) in [5.41, 5.74) is 6.38. The number of primary amides is 1. The lowest BCUT2D eigenvalue weighted by atomic mass is 9.46. The van der Waals surface area contributed by atoms with E-state index in [1.54, 1.807) is 0 Å². The Hall–Kier alpha value is -0.860. The minimum absolute atomic E-state index is 0.0989. The molecular weight excluding hydrogens is 284 g/mol. The maximum atomic E-state index is 11.5. The van der Waals surface area contributed by atoms with E-state index in [0.717, 1.165) is 30.2 Å². The first-order valence-corrected chi connectivity index (χ1v) is 9.72. The van der Waals surface area contributed by atoms with Gasteiger partial charge in [-0.3, -0.25) is 9.79 Å². The molecular formula is C20H32N2O. The number of carbonyl (C=O) groups excluding carboxylic acids is 1. The number of hydrogen-bond acceptors (Lipinski definition) is 2. The Labute approximate surface area is 140 Å². The molecule has 0 saturated heterocycles. The number of carbonyl (C=O) groups is 1. The molecule has 23 heavy (non-hydrogen) atoms. The number of fused-ring (bicyclic) bond motifs is 5. The summed E-state index contributed by atoms with van der Waals surface area (Å²) in [7, 11) is 0. The van der Waals surface area contributed by atoms with Crippen LogP contribution in [-0.4, -0.2) is 18.7 Å². The van der Waals surface area contributed by atoms with Crippen molar-refractivity contribution in [3.8, 4) is 0 Å². The van der Waals surface area contributed by atoms with Crippen LogP contribution in [-0.2, 0) is 4.79 Å². The van der Waals surface area contributed by atoms with Gasteiger partial charge in [0.15, 0.2) is 0 Å². The molecule has 1 aliphatic heterocycles. The summed E-state index contributed by atoms with van der Waals surface area (Å²) in [4.78, 5) is 16.1. The van der Waals surface area contributed by atoms with Crippen LogP contribution in [0.2, 0.25) is 0 Å². The molecule has 7 atom stereocenters. The molecule has 3 nitrogen and oxygen atoms in total. The lowest BCUT2D eigenvalue weighted by Crippen LogP contribution is -2.53. The topological polar surface area (TPSA) is 55.4 Å². The zero-order chi connectivity index (χ0) is 16.2. The molecule has 3 fully saturated rings. The molecule has 0 aromatic heterocycles. The molecule has 3 heteroatoms. The number of aliphatic imine (C=N–C) groups is 1. The number of nitrogens with two attached hydrogens (primary N) is 1. The molecule has 0 aromatic carbocycles. The molecule has 0 bridgehead atoms. The summed E-state index contributed by atoms with van der Waals surface area (Å²) >= 11 is 0. The molecule has 128 valence electrons. The van der Waals surface area contributed by atoms with E-state index in [1.807, 2.05) is 0 Å². The quantitative estimate of drug-likeness (QED) is 0.827. The molecule has 1 unspecified atom stereocenters. The summed E-state index contributed by atoms with van der Waals surface area (Å²) < 4.78 is 0. The third-order valence-electron chi connectivity index (χ3n) is 8.70. The van der Waals surface area contributed by atoms with E-state index in [2.05, 4.69) is 25.1 Å². The Kier molecular flexibility index (Phi) is 3.62. The van der Waals surface area contributed by atoms with Crippen LogP contribution in [0.15, 0.2) is 4.99 Å². The molecule has 1 heterocycles. The van der Waals surface area contributed by atoms with E-state index >= 15 is 0 Å². The van der Waals surface area contributed by atoms with Gasteiger partial charge < -0.3 is 5.73 Å². The maximum Gasteiger partial charge on any atom is 0.217 e. The highest BCUT2D eigenvalue weighted by molar-refractivity contribution is 5.74. The van der Waals surface area contributed by atoms with Gasteiger partial charge in [-0.15, -0.1) is 0 Å². The molecule has 4 aliphatic rings. The first-order chi connectivity index (χ1) is 10.9. The van der Waals surface area contributed by atoms with Crippen molar-refractivity contribution in [2.24, 2.45) is 51.1 Å². The van der Waals surface area contributed by atoms with Crippen LogP contribution < -0.4 is 5.73 Å². The Morgan fingerprint density at radius 1 is 1.13 bits per heavy atom. The summed E-state index contributed by atoms with van der Waals surface area (Å²) in [5.74, 6) is 3.81. The SMILES string of the molecule is C[C@]12CC=NC[C@@H]1CC[C@@H]1[C@@H]2CC[C@]2(C)C(CC(N)=O)CC[C@@H]12. The van der Waals surface area contributed by atoms with Crippen LogP contribution in [0.3, 0.4) is 0 Å². The third-order valence-corrected chi connectivity index (χ3v) is 8.70. The van der Waals surface area contributed by atoms with Gasteiger partial charge in [0.25, 0.3) is 0 Å². The average Bonchev–Trinajstić information content (AvgIpc) is 2.83. The number of amides is 1. The highest BCUT2D eigenvalue weighted by Gasteiger charge is 2.59. The van der Waals surface area contributed by atoms with E-state index in [0.29, 0.717) is 23.2 Å². The van der Waals surface area contributed by atoms with Crippen molar-refractivity contribution in [2.45, 2.75) is 65.2 Å². The van der Waals surface area contributed by atoms with Crippen LogP contribution >= 0.6 is 0 Å². The van der Waals surface area contributed by atoms with Crippen LogP contribution in [0.4, 0.5) is 0 Å². The number of rotatable bonds is 2. The number of hydrogen-bond donors (Lipinski definition) is 1. The zero-order valence-electron chi connectivity index (χ0n) is 14.8. The second-order valence-corrected chi connectivity index (χ2v) is 9.40. The largest absolute Gasteiger partial charge is 0.370 e. The van der Waals surface area contributed by atoms with Gasteiger partial charge in [-0.05, 0) is 91.6 Å². The Morgan fingerprint density at radius 2 is 1.91 bits per heavy atom. The molecule has 3 aliphatic carbocycles. The first kappa shape index (κ1) is 15.7. The smallest absolute Gasteiger partial charge is 0.217 e. The van der Waals surface area contributed by atoms with Crippen LogP contribution in [0.1, 0.15) is 65.2 Å². The fourth-order valence-corrected chi connectivity index (χ4v) is 7.30. The van der Waals surface area contributed by atoms with Crippen molar-refractivity contribution < 1.29 is 4.79 Å². The van der Waals surface area contributed by atoms with E-state index in [4.69, 9.17) is 5.73 Å². The van der Waals surface area contributed by atoms with Crippen LogP contribution in [0.5, 0.6) is 0 Å². The van der Waals surface area contributed by atoms with Crippen molar-refractivity contribution in [2.75, 3.05) is 6.54 Å². The van der Waals surface area contributed by atoms with E-state index < -0.39 is 0 Å². The Morgan fingerprint density at radius 3 is 2.70 bits per heavy atom. The van der Waals surface area contributed by atoms with Gasteiger partial charge >= 0.3 is 0 Å². The molecule has 0 spiro atoms. The summed E-state index contributed by atoms with van der Waals surface area (Å²) in [5, 5.41) is 0. The van der Waals surface area contributed by atoms with Crippen molar-refractivity contribution in [1.82, 2.24) is 0 Å². The summed E-state index contributed by atoms with van der Waals surface area (Å²) in [6, 6.07) is 0. The molecule has 1 amide bonds. The monoisotopic (exact) mass is 316 g/mol. The third kappa shape index (κ3) is 2.21. The van der Waals surface area contributed by atoms with E-state index in [9.17, 15) is 4.79 Å². The predicted octanol–water partition coefficient (Wildman–Crippen LogP) is 3.81. The van der Waals surface area contributed by atoms with Gasteiger partial charge in [0.1, 0.15) is 0 Å². The lowest BCUT2D eigenvalue weighted by molar-refractivity contribution is -0.122. The molecule has 4 rings (SSSR count). The van der Waals surface area contributed by atoms with Crippen LogP contribution in [0.25, 0.3) is 0 Å². The van der Waals surface area contributed by atoms with Gasteiger partial charge in [0.05, 0.1) is 0 Å². The zero-order valence-corrected chi connectivity index (χ0v) is 14.8. The fourth-order valence-electron chi connectivity index (χ4n) is 7.30. The van der Waals surface area contributed by atoms with Crippen molar-refractivity contribution in [1.29, 1.82) is 0 Å². The highest BCUT2D eigenvalue weighted by atomic mass is 16.1. The second kappa shape index (κ2) is 5.32. The summed E-state index contributed by atoms with van der Waals surface area (Å²) in [6.07, 6.45) is 12.0. The molecule has 0 radical (unpaired) electrons. The van der Waals surface area contributed by atoms with Crippen molar-refractivity contribution in [3.63, 3.8) is 0 Å². The highest BCUT2D eigenvalue weighted by Crippen LogP contribution is 2.66. The molecule has 2 N–H and O–H groups in total. The van der Waals surface area contributed by atoms with Gasteiger partial charge in [-0.25, -0.2) is 0 Å². The minimum atomic E-state index is -0.0989.